The van der Waals surface area contributed by atoms with Crippen LogP contribution in [0.25, 0.3) is 11.2 Å². The van der Waals surface area contributed by atoms with Gasteiger partial charge in [-0.2, -0.15) is 15.0 Å². The van der Waals surface area contributed by atoms with Crippen molar-refractivity contribution in [2.24, 2.45) is 25.7 Å². The molecular weight excluding hydrogens is 706 g/mol. The summed E-state index contributed by atoms with van der Waals surface area (Å²) < 4.78 is 0. The predicted molar refractivity (Wildman–Crippen MR) is 194 cm³/mol. The van der Waals surface area contributed by atoms with Crippen LogP contribution in [0.3, 0.4) is 0 Å². The van der Waals surface area contributed by atoms with Gasteiger partial charge in [-0.15, -0.1) is 0 Å². The summed E-state index contributed by atoms with van der Waals surface area (Å²) in [6.45, 7) is -0.0475. The highest BCUT2D eigenvalue weighted by Gasteiger charge is 2.42. The molecular formula is C33H29N13O8. The second-order valence-corrected chi connectivity index (χ2v) is 11.8. The van der Waals surface area contributed by atoms with Gasteiger partial charge in [-0.3, -0.25) is 33.9 Å². The number of ketones is 1. The number of aromatic amines is 1. The summed E-state index contributed by atoms with van der Waals surface area (Å²) in [5.74, 6) is -5.19. The lowest BCUT2D eigenvalue weighted by Gasteiger charge is -2.29. The minimum absolute atomic E-state index is 0.0254. The van der Waals surface area contributed by atoms with Gasteiger partial charge in [0.1, 0.15) is 6.04 Å². The number of Topliss-reactive ketones (excluding diaryl/α,β-unsaturated/α-hetero) is 1. The van der Waals surface area contributed by atoms with Crippen LogP contribution in [0.1, 0.15) is 39.3 Å². The number of nitrogens with one attached hydrogen (secondary N) is 4. The van der Waals surface area contributed by atoms with Gasteiger partial charge >= 0.3 is 17.8 Å². The maximum absolute atomic E-state index is 14.2. The second-order valence-electron chi connectivity index (χ2n) is 11.8. The van der Waals surface area contributed by atoms with Crippen LogP contribution in [-0.4, -0.2) is 102 Å². The molecule has 0 saturated heterocycles. The molecule has 0 aliphatic carbocycles. The highest BCUT2D eigenvalue weighted by atomic mass is 16.4. The molecule has 0 saturated carbocycles. The normalized spacial score (nSPS) is 16.7. The minimum Gasteiger partial charge on any atom is -0.481 e. The molecule has 10 N–H and O–H groups in total. The van der Waals surface area contributed by atoms with E-state index in [0.717, 1.165) is 0 Å². The fraction of sp³-hybridized carbons (Fsp3) is 0.182. The van der Waals surface area contributed by atoms with Crippen LogP contribution in [0.2, 0.25) is 0 Å². The summed E-state index contributed by atoms with van der Waals surface area (Å²) in [4.78, 5) is 105. The lowest BCUT2D eigenvalue weighted by Crippen LogP contribution is -2.50. The lowest BCUT2D eigenvalue weighted by molar-refractivity contribution is -0.140. The Labute approximate surface area is 302 Å². The molecule has 21 nitrogen and oxygen atoms in total. The third kappa shape index (κ3) is 7.93. The Morgan fingerprint density at radius 3 is 2.26 bits per heavy atom. The number of nitrogens with zero attached hydrogens (tertiary/aromatic N) is 7. The first kappa shape index (κ1) is 36.1. The van der Waals surface area contributed by atoms with Crippen molar-refractivity contribution >= 4 is 81.7 Å². The highest BCUT2D eigenvalue weighted by Crippen LogP contribution is 2.25. The SMILES string of the molecule is NC1=NC(=O)C2=NC(CNc3ccc(C(=O)NC(CCC(=O)O)C(=O)O)cc3)(C(=O)c3ccc(NCc4cnc5nc(N)[nH]c(=O)c5n4)cc3)C=NC2=N1. The number of hydrogen-bond donors (Lipinski definition) is 8. The van der Waals surface area contributed by atoms with Gasteiger partial charge in [0, 0.05) is 35.1 Å². The first-order valence-corrected chi connectivity index (χ1v) is 15.9. The lowest BCUT2D eigenvalue weighted by atomic mass is 9.89. The van der Waals surface area contributed by atoms with E-state index in [9.17, 15) is 33.9 Å². The Morgan fingerprint density at radius 1 is 0.889 bits per heavy atom. The Hall–Kier alpha value is -7.71. The number of fused-ring (bicyclic) bond motifs is 2. The standard InChI is InChI=1S/C33H29N13O8/c34-31-42-25-22(28(51)44-31)40-19(12-37-25)11-36-17-5-1-15(2-6-17)24(49)33(14-39-26-23(46-33)29(52)45-32(35)43-26)13-38-18-7-3-16(4-8-18)27(50)41-20(30(53)54)9-10-21(47)48/h1-8,12,14,20,36,38H,9-11,13H2,(H,41,50)(H,47,48)(H,53,54)(H2,35,45,52)(H3,34,37,42,44,51). The Kier molecular flexibility index (Phi) is 9.94. The van der Waals surface area contributed by atoms with E-state index in [1.807, 2.05) is 0 Å². The number of guanidine groups is 1. The van der Waals surface area contributed by atoms with Crippen molar-refractivity contribution in [2.75, 3.05) is 22.9 Å². The number of carboxylic acid groups (broad SMARTS) is 2. The molecule has 0 fully saturated rings. The van der Waals surface area contributed by atoms with E-state index >= 15 is 0 Å². The summed E-state index contributed by atoms with van der Waals surface area (Å²) >= 11 is 0. The topological polar surface area (TPSA) is 335 Å². The van der Waals surface area contributed by atoms with E-state index in [-0.39, 0.29) is 65.3 Å². The Morgan fingerprint density at radius 2 is 1.57 bits per heavy atom. The number of H-pyrrole nitrogens is 1. The van der Waals surface area contributed by atoms with Crippen LogP contribution in [-0.2, 0) is 20.9 Å². The molecule has 2 aromatic heterocycles. The van der Waals surface area contributed by atoms with Crippen molar-refractivity contribution in [1.82, 2.24) is 25.3 Å². The molecule has 2 amide bonds. The average molecular weight is 736 g/mol. The van der Waals surface area contributed by atoms with Crippen LogP contribution in [0.4, 0.5) is 17.3 Å². The zero-order valence-electron chi connectivity index (χ0n) is 27.8. The maximum atomic E-state index is 14.2. The van der Waals surface area contributed by atoms with Gasteiger partial charge in [-0.1, -0.05) is 0 Å². The van der Waals surface area contributed by atoms with Gasteiger partial charge in [0.2, 0.25) is 11.9 Å². The van der Waals surface area contributed by atoms with E-state index in [0.29, 0.717) is 17.1 Å². The molecule has 0 bridgehead atoms. The van der Waals surface area contributed by atoms with E-state index in [1.54, 1.807) is 24.3 Å². The number of aliphatic imine (C=N–C) groups is 4. The van der Waals surface area contributed by atoms with Gasteiger partial charge in [0.05, 0.1) is 25.0 Å². The number of nitrogens with two attached hydrogens (primary N) is 2. The largest absolute Gasteiger partial charge is 0.481 e. The predicted octanol–water partition coefficient (Wildman–Crippen LogP) is -0.232. The van der Waals surface area contributed by atoms with Crippen LogP contribution >= 0.6 is 0 Å². The average Bonchev–Trinajstić information content (AvgIpc) is 3.15. The number of rotatable bonds is 14. The number of aliphatic carboxylic acids is 2. The molecule has 4 aromatic rings. The number of hydrogen-bond acceptors (Lipinski definition) is 16. The van der Waals surface area contributed by atoms with E-state index in [4.69, 9.17) is 16.6 Å². The number of aromatic nitrogens is 4. The molecule has 274 valence electrons. The van der Waals surface area contributed by atoms with Gasteiger partial charge in [-0.25, -0.2) is 19.8 Å². The molecule has 4 heterocycles. The highest BCUT2D eigenvalue weighted by molar-refractivity contribution is 6.70. The minimum atomic E-state index is -1.78. The smallest absolute Gasteiger partial charge is 0.326 e. The van der Waals surface area contributed by atoms with Gasteiger partial charge in [-0.05, 0) is 55.0 Å². The number of amidine groups is 1. The molecule has 21 heteroatoms. The molecule has 2 aromatic carbocycles. The number of carbonyl (C=O) groups excluding carboxylic acids is 3. The van der Waals surface area contributed by atoms with Crippen LogP contribution in [0, 0.1) is 0 Å². The maximum Gasteiger partial charge on any atom is 0.326 e. The third-order valence-corrected chi connectivity index (χ3v) is 8.02. The first-order chi connectivity index (χ1) is 25.8. The van der Waals surface area contributed by atoms with Gasteiger partial charge in [0.15, 0.2) is 34.0 Å². The number of anilines is 3. The molecule has 6 rings (SSSR count). The van der Waals surface area contributed by atoms with Crippen molar-refractivity contribution in [3.8, 4) is 0 Å². The van der Waals surface area contributed by atoms with E-state index < -0.39 is 53.1 Å². The van der Waals surface area contributed by atoms with Crippen molar-refractivity contribution in [1.29, 1.82) is 0 Å². The molecule has 0 radical (unpaired) electrons. The monoisotopic (exact) mass is 735 g/mol. The summed E-state index contributed by atoms with van der Waals surface area (Å²) in [5.41, 5.74) is 10.5. The Balaban J connectivity index is 1.18. The van der Waals surface area contributed by atoms with Crippen molar-refractivity contribution in [3.63, 3.8) is 0 Å². The first-order valence-electron chi connectivity index (χ1n) is 15.9. The molecule has 2 aliphatic heterocycles. The molecule has 2 atom stereocenters. The quantitative estimate of drug-likeness (QED) is 0.0775. The zero-order valence-corrected chi connectivity index (χ0v) is 27.8. The summed E-state index contributed by atoms with van der Waals surface area (Å²) in [6.07, 6.45) is 1.94. The number of carbonyl (C=O) groups is 5. The van der Waals surface area contributed by atoms with Crippen molar-refractivity contribution in [2.45, 2.75) is 31.0 Å². The van der Waals surface area contributed by atoms with Crippen molar-refractivity contribution in [3.05, 3.63) is 81.9 Å². The number of carboxylic acids is 2. The summed E-state index contributed by atoms with van der Waals surface area (Å²) in [7, 11) is 0. The van der Waals surface area contributed by atoms with Crippen LogP contribution in [0.5, 0.6) is 0 Å². The van der Waals surface area contributed by atoms with E-state index in [1.165, 1.54) is 36.7 Å². The summed E-state index contributed by atoms with van der Waals surface area (Å²) in [5, 5.41) is 26.7. The molecule has 0 spiro atoms. The summed E-state index contributed by atoms with van der Waals surface area (Å²) in [6, 6.07) is 10.7. The van der Waals surface area contributed by atoms with Gasteiger partial charge in [0.25, 0.3) is 11.5 Å². The van der Waals surface area contributed by atoms with Crippen molar-refractivity contribution < 1.29 is 34.2 Å². The van der Waals surface area contributed by atoms with Crippen LogP contribution in [0.15, 0.2) is 79.5 Å². The third-order valence-electron chi connectivity index (χ3n) is 8.02. The fourth-order valence-corrected chi connectivity index (χ4v) is 5.28. The number of amides is 2. The molecule has 54 heavy (non-hydrogen) atoms. The number of benzene rings is 2. The fourth-order valence-electron chi connectivity index (χ4n) is 5.28. The van der Waals surface area contributed by atoms with Gasteiger partial charge < -0.3 is 37.6 Å². The number of nitrogen functional groups attached to an aromatic ring is 1. The second kappa shape index (κ2) is 14.9. The van der Waals surface area contributed by atoms with E-state index in [2.05, 4.69) is 55.9 Å². The zero-order chi connectivity index (χ0) is 38.6. The molecule has 2 unspecified atom stereocenters. The Bertz CT molecular complexity index is 2390. The van der Waals surface area contributed by atoms with Crippen LogP contribution < -0.4 is 33.0 Å². The molecule has 2 aliphatic rings.